The van der Waals surface area contributed by atoms with Crippen LogP contribution in [0.15, 0.2) is 188 Å². The molecule has 268 valence electrons. The molecule has 0 atom stereocenters. The van der Waals surface area contributed by atoms with Crippen LogP contribution >= 0.6 is 0 Å². The third-order valence-corrected chi connectivity index (χ3v) is 11.2. The highest BCUT2D eigenvalue weighted by atomic mass is 15.0. The van der Waals surface area contributed by atoms with Crippen molar-refractivity contribution >= 4 is 21.5 Å². The van der Waals surface area contributed by atoms with Crippen molar-refractivity contribution in [3.05, 3.63) is 194 Å². The Labute approximate surface area is 335 Å². The van der Waals surface area contributed by atoms with Crippen molar-refractivity contribution in [2.24, 2.45) is 0 Å². The van der Waals surface area contributed by atoms with E-state index in [0.29, 0.717) is 23.0 Å². The molecule has 1 aliphatic carbocycles. The van der Waals surface area contributed by atoms with Crippen LogP contribution in [0.5, 0.6) is 0 Å². The van der Waals surface area contributed by atoms with Gasteiger partial charge in [-0.25, -0.2) is 15.0 Å². The summed E-state index contributed by atoms with van der Waals surface area (Å²) in [5.74, 6) is 1.82. The lowest BCUT2D eigenvalue weighted by molar-refractivity contribution is 1.08. The Morgan fingerprint density at radius 1 is 0.328 bits per heavy atom. The second kappa shape index (κ2) is 13.6. The molecule has 0 saturated carbocycles. The molecule has 1 aliphatic rings. The van der Waals surface area contributed by atoms with E-state index in [-0.39, 0.29) is 0 Å². The number of aromatic nitrogens is 4. The molecule has 0 fully saturated rings. The van der Waals surface area contributed by atoms with Crippen molar-refractivity contribution in [1.29, 1.82) is 5.26 Å². The van der Waals surface area contributed by atoms with Crippen molar-refractivity contribution in [1.82, 2.24) is 19.9 Å². The van der Waals surface area contributed by atoms with Gasteiger partial charge < -0.3 is 0 Å². The molecule has 2 heterocycles. The van der Waals surface area contributed by atoms with Crippen LogP contribution in [-0.4, -0.2) is 19.9 Å². The van der Waals surface area contributed by atoms with Crippen LogP contribution in [0.4, 0.5) is 0 Å². The van der Waals surface area contributed by atoms with Gasteiger partial charge in [0.2, 0.25) is 0 Å². The maximum atomic E-state index is 9.58. The zero-order valence-corrected chi connectivity index (χ0v) is 31.1. The average molecular weight is 738 g/mol. The van der Waals surface area contributed by atoms with Gasteiger partial charge in [0.15, 0.2) is 17.5 Å². The van der Waals surface area contributed by atoms with Gasteiger partial charge in [-0.2, -0.15) is 5.26 Å². The highest BCUT2D eigenvalue weighted by molar-refractivity contribution is 6.24. The van der Waals surface area contributed by atoms with Crippen molar-refractivity contribution < 1.29 is 0 Å². The summed E-state index contributed by atoms with van der Waals surface area (Å²) in [6, 6.07) is 65.1. The number of fused-ring (bicyclic) bond motifs is 4. The Bertz CT molecular complexity index is 3230. The van der Waals surface area contributed by atoms with Crippen LogP contribution in [0.1, 0.15) is 5.56 Å². The van der Waals surface area contributed by atoms with Crippen molar-refractivity contribution in [3.8, 4) is 96.0 Å². The van der Waals surface area contributed by atoms with E-state index in [2.05, 4.69) is 132 Å². The molecule has 11 rings (SSSR count). The molecule has 2 aromatic heterocycles. The number of hydrogen-bond acceptors (Lipinski definition) is 5. The van der Waals surface area contributed by atoms with Gasteiger partial charge in [-0.1, -0.05) is 152 Å². The maximum absolute atomic E-state index is 9.58. The molecule has 5 nitrogen and oxygen atoms in total. The average Bonchev–Trinajstić information content (AvgIpc) is 3.64. The third kappa shape index (κ3) is 5.47. The van der Waals surface area contributed by atoms with Crippen molar-refractivity contribution in [2.75, 3.05) is 0 Å². The summed E-state index contributed by atoms with van der Waals surface area (Å²) in [4.78, 5) is 19.8. The highest BCUT2D eigenvalue weighted by Gasteiger charge is 2.26. The summed E-state index contributed by atoms with van der Waals surface area (Å²) in [6.07, 6.45) is 1.81. The highest BCUT2D eigenvalue weighted by Crippen LogP contribution is 2.52. The summed E-state index contributed by atoms with van der Waals surface area (Å²) in [7, 11) is 0. The Hall–Kier alpha value is -8.07. The van der Waals surface area contributed by atoms with Gasteiger partial charge in [-0.15, -0.1) is 0 Å². The van der Waals surface area contributed by atoms with E-state index in [1.807, 2.05) is 66.9 Å². The Kier molecular flexibility index (Phi) is 7.80. The lowest BCUT2D eigenvalue weighted by atomic mass is 9.86. The fourth-order valence-corrected chi connectivity index (χ4v) is 8.48. The van der Waals surface area contributed by atoms with Crippen LogP contribution in [-0.2, 0) is 0 Å². The third-order valence-electron chi connectivity index (χ3n) is 11.2. The Morgan fingerprint density at radius 2 is 0.810 bits per heavy atom. The molecular formula is C53H31N5. The quantitative estimate of drug-likeness (QED) is 0.170. The Balaban J connectivity index is 1.11. The summed E-state index contributed by atoms with van der Waals surface area (Å²) in [6.45, 7) is 0. The minimum absolute atomic E-state index is 0.601. The van der Waals surface area contributed by atoms with Gasteiger partial charge >= 0.3 is 0 Å². The first-order chi connectivity index (χ1) is 28.7. The normalized spacial score (nSPS) is 11.4. The number of nitriles is 1. The van der Waals surface area contributed by atoms with Gasteiger partial charge in [-0.3, -0.25) is 4.98 Å². The lowest BCUT2D eigenvalue weighted by Crippen LogP contribution is -2.01. The Morgan fingerprint density at radius 3 is 1.47 bits per heavy atom. The molecule has 10 aromatic rings. The predicted molar refractivity (Wildman–Crippen MR) is 234 cm³/mol. The molecule has 0 radical (unpaired) electrons. The van der Waals surface area contributed by atoms with E-state index >= 15 is 0 Å². The molecule has 0 bridgehead atoms. The van der Waals surface area contributed by atoms with Crippen LogP contribution in [0.2, 0.25) is 0 Å². The number of rotatable bonds is 6. The predicted octanol–water partition coefficient (Wildman–Crippen LogP) is 13.1. The maximum Gasteiger partial charge on any atom is 0.164 e. The molecule has 0 spiro atoms. The first-order valence-electron chi connectivity index (χ1n) is 19.3. The minimum Gasteiger partial charge on any atom is -0.256 e. The second-order valence-electron chi connectivity index (χ2n) is 14.5. The van der Waals surface area contributed by atoms with Gasteiger partial charge in [-0.05, 0) is 96.4 Å². The number of nitrogens with zero attached hydrogens (tertiary/aromatic N) is 5. The summed E-state index contributed by atoms with van der Waals surface area (Å²) in [5.41, 5.74) is 14.8. The van der Waals surface area contributed by atoms with Gasteiger partial charge in [0, 0.05) is 28.5 Å². The van der Waals surface area contributed by atoms with Crippen LogP contribution in [0, 0.1) is 11.3 Å². The summed E-state index contributed by atoms with van der Waals surface area (Å²) < 4.78 is 0. The smallest absolute Gasteiger partial charge is 0.164 e. The molecular weight excluding hydrogens is 707 g/mol. The molecule has 5 heteroatoms. The first kappa shape index (κ1) is 33.3. The molecule has 0 amide bonds. The molecule has 0 unspecified atom stereocenters. The number of benzene rings is 8. The topological polar surface area (TPSA) is 75.3 Å². The van der Waals surface area contributed by atoms with Gasteiger partial charge in [0.25, 0.3) is 0 Å². The minimum atomic E-state index is 0.601. The van der Waals surface area contributed by atoms with E-state index in [4.69, 9.17) is 15.0 Å². The fraction of sp³-hybridized carbons (Fsp3) is 0. The zero-order valence-electron chi connectivity index (χ0n) is 31.1. The molecule has 0 N–H and O–H groups in total. The SMILES string of the molecule is N#Cc1ccc(-c2ccc3c4c(ccc(-c5ccc(-c6nc(-c7ccccc7)nc(-c7ccc(-c8ccccn8)cc7)n6)c6ccccc56)c24)-c2ccccc2-3)cc1. The van der Waals surface area contributed by atoms with E-state index in [0.717, 1.165) is 61.0 Å². The van der Waals surface area contributed by atoms with Crippen molar-refractivity contribution in [3.63, 3.8) is 0 Å². The van der Waals surface area contributed by atoms with Crippen LogP contribution < -0.4 is 0 Å². The van der Waals surface area contributed by atoms with E-state index in [9.17, 15) is 5.26 Å². The second-order valence-corrected chi connectivity index (χ2v) is 14.5. The fourth-order valence-electron chi connectivity index (χ4n) is 8.48. The molecule has 8 aromatic carbocycles. The molecule has 0 aliphatic heterocycles. The zero-order chi connectivity index (χ0) is 38.6. The number of pyridine rings is 1. The largest absolute Gasteiger partial charge is 0.256 e. The van der Waals surface area contributed by atoms with E-state index < -0.39 is 0 Å². The molecule has 58 heavy (non-hydrogen) atoms. The molecule has 0 saturated heterocycles. The van der Waals surface area contributed by atoms with Crippen LogP contribution in [0.3, 0.4) is 0 Å². The lowest BCUT2D eigenvalue weighted by Gasteiger charge is -2.17. The van der Waals surface area contributed by atoms with Crippen molar-refractivity contribution in [2.45, 2.75) is 0 Å². The van der Waals surface area contributed by atoms with Crippen LogP contribution in [0.25, 0.3) is 111 Å². The van der Waals surface area contributed by atoms with Gasteiger partial charge in [0.05, 0.1) is 17.3 Å². The van der Waals surface area contributed by atoms with E-state index in [1.54, 1.807) is 0 Å². The monoisotopic (exact) mass is 737 g/mol. The van der Waals surface area contributed by atoms with Gasteiger partial charge in [0.1, 0.15) is 0 Å². The first-order valence-corrected chi connectivity index (χ1v) is 19.3. The summed E-state index contributed by atoms with van der Waals surface area (Å²) >= 11 is 0. The number of hydrogen-bond donors (Lipinski definition) is 0. The summed E-state index contributed by atoms with van der Waals surface area (Å²) in [5, 5.41) is 14.2. The standard InChI is InChI=1S/C53H31N5/c54-32-33-17-19-34(20-18-33)38-25-27-44-40-13-5-6-14-41(40)45-28-29-46(49(38)50(44)45)43-26-30-47(42-15-7-4-12-39(42)43)53-57-51(36-10-2-1-3-11-36)56-52(58-53)37-23-21-35(22-24-37)48-16-8-9-31-55-48/h1-31H. The van der Waals surface area contributed by atoms with E-state index in [1.165, 1.54) is 33.0 Å².